The molecule has 1 fully saturated rings. The van der Waals surface area contributed by atoms with Crippen molar-refractivity contribution in [3.8, 4) is 0 Å². The molecule has 0 aliphatic heterocycles. The Morgan fingerprint density at radius 3 is 2.87 bits per heavy atom. The molecule has 1 heterocycles. The number of hydrogen-bond donors (Lipinski definition) is 1. The largest absolute Gasteiger partial charge is 0.370 e. The molecule has 0 aromatic carbocycles. The van der Waals surface area contributed by atoms with E-state index in [1.54, 1.807) is 6.07 Å². The Kier molecular flexibility index (Phi) is 2.53. The van der Waals surface area contributed by atoms with Crippen LogP contribution >= 0.6 is 0 Å². The predicted octanol–water partition coefficient (Wildman–Crippen LogP) is 2.06. The highest BCUT2D eigenvalue weighted by molar-refractivity contribution is 5.40. The van der Waals surface area contributed by atoms with Crippen LogP contribution in [0.4, 0.5) is 11.5 Å². The summed E-state index contributed by atoms with van der Waals surface area (Å²) in [6.45, 7) is 3.13. The molecule has 1 aliphatic carbocycles. The van der Waals surface area contributed by atoms with Crippen LogP contribution in [0.3, 0.4) is 0 Å². The summed E-state index contributed by atoms with van der Waals surface area (Å²) in [6, 6.07) is 3.11. The highest BCUT2D eigenvalue weighted by atomic mass is 16.6. The fourth-order valence-electron chi connectivity index (χ4n) is 1.52. The summed E-state index contributed by atoms with van der Waals surface area (Å²) < 4.78 is 0. The zero-order valence-corrected chi connectivity index (χ0v) is 8.51. The molecule has 1 N–H and O–H groups in total. The molecule has 0 amide bonds. The van der Waals surface area contributed by atoms with Gasteiger partial charge in [-0.1, -0.05) is 6.92 Å². The minimum Gasteiger partial charge on any atom is -0.370 e. The van der Waals surface area contributed by atoms with Crippen LogP contribution in [-0.4, -0.2) is 16.5 Å². The molecule has 1 saturated carbocycles. The van der Waals surface area contributed by atoms with E-state index in [0.717, 1.165) is 18.4 Å². The van der Waals surface area contributed by atoms with Gasteiger partial charge >= 0.3 is 0 Å². The molecule has 2 unspecified atom stereocenters. The van der Waals surface area contributed by atoms with E-state index in [0.29, 0.717) is 5.82 Å². The molecule has 1 aromatic heterocycles. The van der Waals surface area contributed by atoms with Crippen LogP contribution in [0.1, 0.15) is 13.3 Å². The SMILES string of the molecule is CC1CC1CNc1ccc([N+](=O)[O-])cn1. The standard InChI is InChI=1S/C10H13N3O2/c1-7-4-8(7)5-11-10-3-2-9(6-12-10)13(14)15/h2-3,6-8H,4-5H2,1H3,(H,11,12). The molecular weight excluding hydrogens is 194 g/mol. The Morgan fingerprint density at radius 2 is 2.40 bits per heavy atom. The first-order valence-electron chi connectivity index (χ1n) is 5.01. The first-order valence-corrected chi connectivity index (χ1v) is 5.01. The zero-order valence-electron chi connectivity index (χ0n) is 8.51. The number of pyridine rings is 1. The van der Waals surface area contributed by atoms with E-state index in [1.807, 2.05) is 0 Å². The molecule has 0 bridgehead atoms. The average Bonchev–Trinajstić information content (AvgIpc) is 2.92. The Morgan fingerprint density at radius 1 is 1.67 bits per heavy atom. The van der Waals surface area contributed by atoms with E-state index in [9.17, 15) is 10.1 Å². The van der Waals surface area contributed by atoms with Gasteiger partial charge in [0.1, 0.15) is 12.0 Å². The van der Waals surface area contributed by atoms with Gasteiger partial charge in [0.25, 0.3) is 5.69 Å². The van der Waals surface area contributed by atoms with Gasteiger partial charge < -0.3 is 5.32 Å². The lowest BCUT2D eigenvalue weighted by molar-refractivity contribution is -0.385. The average molecular weight is 207 g/mol. The minimum absolute atomic E-state index is 0.0281. The summed E-state index contributed by atoms with van der Waals surface area (Å²) in [6.07, 6.45) is 2.54. The maximum absolute atomic E-state index is 10.4. The summed E-state index contributed by atoms with van der Waals surface area (Å²) in [5.74, 6) is 2.25. The number of rotatable bonds is 4. The molecule has 80 valence electrons. The number of hydrogen-bond acceptors (Lipinski definition) is 4. The molecule has 2 rings (SSSR count). The fourth-order valence-corrected chi connectivity index (χ4v) is 1.52. The highest BCUT2D eigenvalue weighted by Crippen LogP contribution is 2.37. The second kappa shape index (κ2) is 3.84. The lowest BCUT2D eigenvalue weighted by Crippen LogP contribution is -2.05. The molecule has 0 spiro atoms. The van der Waals surface area contributed by atoms with Crippen LogP contribution in [0.15, 0.2) is 18.3 Å². The van der Waals surface area contributed by atoms with Crippen LogP contribution in [0.25, 0.3) is 0 Å². The topological polar surface area (TPSA) is 68.1 Å². The van der Waals surface area contributed by atoms with Crippen molar-refractivity contribution in [3.63, 3.8) is 0 Å². The Bertz CT molecular complexity index is 363. The number of nitrogens with one attached hydrogen (secondary N) is 1. The van der Waals surface area contributed by atoms with Crippen molar-refractivity contribution in [1.82, 2.24) is 4.98 Å². The van der Waals surface area contributed by atoms with Crippen LogP contribution in [0.2, 0.25) is 0 Å². The van der Waals surface area contributed by atoms with Gasteiger partial charge in [0.05, 0.1) is 4.92 Å². The van der Waals surface area contributed by atoms with Crippen molar-refractivity contribution in [3.05, 3.63) is 28.4 Å². The maximum Gasteiger partial charge on any atom is 0.287 e. The monoisotopic (exact) mass is 207 g/mol. The summed E-state index contributed by atoms with van der Waals surface area (Å²) in [7, 11) is 0. The zero-order chi connectivity index (χ0) is 10.8. The van der Waals surface area contributed by atoms with E-state index >= 15 is 0 Å². The number of nitro groups is 1. The van der Waals surface area contributed by atoms with Gasteiger partial charge in [-0.25, -0.2) is 4.98 Å². The third-order valence-corrected chi connectivity index (χ3v) is 2.78. The van der Waals surface area contributed by atoms with E-state index in [-0.39, 0.29) is 5.69 Å². The third kappa shape index (κ3) is 2.43. The Balaban J connectivity index is 1.89. The molecule has 5 nitrogen and oxygen atoms in total. The molecule has 15 heavy (non-hydrogen) atoms. The van der Waals surface area contributed by atoms with Crippen molar-refractivity contribution in [2.24, 2.45) is 11.8 Å². The minimum atomic E-state index is -0.445. The van der Waals surface area contributed by atoms with Crippen molar-refractivity contribution in [2.45, 2.75) is 13.3 Å². The van der Waals surface area contributed by atoms with Gasteiger partial charge in [-0.2, -0.15) is 0 Å². The lowest BCUT2D eigenvalue weighted by Gasteiger charge is -2.03. The van der Waals surface area contributed by atoms with Crippen molar-refractivity contribution in [2.75, 3.05) is 11.9 Å². The van der Waals surface area contributed by atoms with E-state index in [4.69, 9.17) is 0 Å². The van der Waals surface area contributed by atoms with Gasteiger partial charge in [0.15, 0.2) is 0 Å². The van der Waals surface area contributed by atoms with Crippen LogP contribution in [0.5, 0.6) is 0 Å². The van der Waals surface area contributed by atoms with Gasteiger partial charge in [0, 0.05) is 12.6 Å². The third-order valence-electron chi connectivity index (χ3n) is 2.78. The highest BCUT2D eigenvalue weighted by Gasteiger charge is 2.31. The van der Waals surface area contributed by atoms with Gasteiger partial charge in [-0.05, 0) is 24.3 Å². The summed E-state index contributed by atoms with van der Waals surface area (Å²) in [4.78, 5) is 13.9. The van der Waals surface area contributed by atoms with Crippen molar-refractivity contribution < 1.29 is 4.92 Å². The number of aromatic nitrogens is 1. The van der Waals surface area contributed by atoms with Gasteiger partial charge in [-0.3, -0.25) is 10.1 Å². The lowest BCUT2D eigenvalue weighted by atomic mass is 10.3. The first-order chi connectivity index (χ1) is 7.16. The maximum atomic E-state index is 10.4. The molecule has 1 aromatic rings. The number of nitrogens with zero attached hydrogens (tertiary/aromatic N) is 2. The second-order valence-corrected chi connectivity index (χ2v) is 4.01. The quantitative estimate of drug-likeness (QED) is 0.606. The smallest absolute Gasteiger partial charge is 0.287 e. The molecule has 0 radical (unpaired) electrons. The summed E-state index contributed by atoms with van der Waals surface area (Å²) >= 11 is 0. The van der Waals surface area contributed by atoms with E-state index < -0.39 is 4.92 Å². The number of anilines is 1. The second-order valence-electron chi connectivity index (χ2n) is 4.01. The van der Waals surface area contributed by atoms with Crippen molar-refractivity contribution in [1.29, 1.82) is 0 Å². The normalized spacial score (nSPS) is 23.5. The Hall–Kier alpha value is -1.65. The van der Waals surface area contributed by atoms with Crippen molar-refractivity contribution >= 4 is 11.5 Å². The first kappa shape index (κ1) is 9.89. The van der Waals surface area contributed by atoms with Gasteiger partial charge in [-0.15, -0.1) is 0 Å². The van der Waals surface area contributed by atoms with Gasteiger partial charge in [0.2, 0.25) is 0 Å². The van der Waals surface area contributed by atoms with Crippen LogP contribution in [0, 0.1) is 22.0 Å². The fraction of sp³-hybridized carbons (Fsp3) is 0.500. The molecule has 5 heteroatoms. The van der Waals surface area contributed by atoms with E-state index in [1.165, 1.54) is 18.7 Å². The summed E-state index contributed by atoms with van der Waals surface area (Å²) in [5, 5.41) is 13.5. The Labute approximate surface area is 87.7 Å². The molecule has 0 saturated heterocycles. The van der Waals surface area contributed by atoms with Crippen LogP contribution in [-0.2, 0) is 0 Å². The molecule has 2 atom stereocenters. The molecular formula is C10H13N3O2. The molecule has 1 aliphatic rings. The van der Waals surface area contributed by atoms with E-state index in [2.05, 4.69) is 17.2 Å². The summed E-state index contributed by atoms with van der Waals surface area (Å²) in [5.41, 5.74) is 0.0281. The van der Waals surface area contributed by atoms with Crippen LogP contribution < -0.4 is 5.32 Å². The predicted molar refractivity (Wildman–Crippen MR) is 56.7 cm³/mol.